The largest absolute Gasteiger partial charge is 0.480 e. The Bertz CT molecular complexity index is 6560. The van der Waals surface area contributed by atoms with Crippen LogP contribution >= 0.6 is 156 Å². The summed E-state index contributed by atoms with van der Waals surface area (Å²) in [6.45, 7) is 12.1. The van der Waals surface area contributed by atoms with E-state index in [4.69, 9.17) is 131 Å². The van der Waals surface area contributed by atoms with Crippen molar-refractivity contribution in [1.29, 1.82) is 0 Å². The number of nitrogens with two attached hydrogens (primary N) is 1. The van der Waals surface area contributed by atoms with Crippen LogP contribution in [0.3, 0.4) is 0 Å². The molecule has 3 aliphatic carbocycles. The van der Waals surface area contributed by atoms with Gasteiger partial charge < -0.3 is 78.8 Å². The van der Waals surface area contributed by atoms with E-state index in [-0.39, 0.29) is 190 Å². The van der Waals surface area contributed by atoms with Crippen LogP contribution in [0.4, 0.5) is 31.4 Å². The lowest BCUT2D eigenvalue weighted by atomic mass is 9.71. The Morgan fingerprint density at radius 3 is 0.980 bits per heavy atom. The maximum Gasteiger partial charge on any atom is 0.330 e. The highest BCUT2D eigenvalue weighted by Crippen LogP contribution is 2.45. The summed E-state index contributed by atoms with van der Waals surface area (Å²) in [7, 11) is 0. The van der Waals surface area contributed by atoms with Gasteiger partial charge in [-0.05, 0) is 200 Å². The van der Waals surface area contributed by atoms with Gasteiger partial charge in [0.15, 0.2) is 0 Å². The van der Waals surface area contributed by atoms with Gasteiger partial charge in [-0.3, -0.25) is 28.8 Å². The molecule has 14 rings (SSSR count). The molecule has 11 aromatic carbocycles. The van der Waals surface area contributed by atoms with Gasteiger partial charge >= 0.3 is 36.0 Å². The van der Waals surface area contributed by atoms with Gasteiger partial charge in [0.25, 0.3) is 17.7 Å². The Morgan fingerprint density at radius 1 is 0.361 bits per heavy atom. The second kappa shape index (κ2) is 56.7. The Labute approximate surface area is 923 Å². The van der Waals surface area contributed by atoms with E-state index in [0.717, 1.165) is 77.5 Å². The molecule has 0 saturated heterocycles. The number of carbonyl (C=O) groups excluding carboxylic acids is 11. The number of halogens is 10. The zero-order valence-corrected chi connectivity index (χ0v) is 91.0. The summed E-state index contributed by atoms with van der Waals surface area (Å²) in [5.41, 5.74) is 16.1. The molecular formula is C107H112Cl10N12O15S3. The van der Waals surface area contributed by atoms with E-state index in [0.29, 0.717) is 26.2 Å². The number of hydrogen-bond donors (Lipinski definition) is 13. The molecule has 6 atom stereocenters. The number of anilines is 3. The van der Waals surface area contributed by atoms with Crippen LogP contribution in [0, 0.1) is 0 Å². The molecule has 0 fully saturated rings. The van der Waals surface area contributed by atoms with Crippen molar-refractivity contribution in [3.63, 3.8) is 0 Å². The third kappa shape index (κ3) is 35.0. The minimum atomic E-state index is -1.50. The minimum Gasteiger partial charge on any atom is -0.480 e. The molecule has 0 heterocycles. The first-order valence-electron chi connectivity index (χ1n) is 45.7. The van der Waals surface area contributed by atoms with E-state index >= 15 is 0 Å². The number of nitrogen functional groups attached to an aromatic ring is 1. The number of carbonyl (C=O) groups is 12. The molecule has 40 heteroatoms. The number of benzene rings is 11. The predicted molar refractivity (Wildman–Crippen MR) is 596 cm³/mol. The topological polar surface area (TPSA) is 402 Å². The number of ether oxygens (including phenoxy) is 2. The van der Waals surface area contributed by atoms with E-state index < -0.39 is 90.2 Å². The SMILES string of the molecule is CC1(C)CCC(NC(=O)NC[C@H](NC(=O)c2c(Cl)ccc(N)c2Cl)C(=O)OCc2ccccc2)c2ccccc21.CC1(C)CCC(NC(=O)NC[C@H](NC(=O)c2c(Cl)ccc(NC(=O)Cc3cccc(Cl)c3)c2Cl)C(=O)O)c2ccccc21.CC1(C)CCC(NC(=O)NC[C@H](NC(=O)c2c(Cl)ccc(NC(=O)Cc3cccc(Cl)c3)c2Cl)C(=O)OCc2ccccc2)c2ccccc21.O=C(Cl)Cc1cccc(Cl)c1.S.S.S. The number of esters is 2. The first kappa shape index (κ1) is 121. The summed E-state index contributed by atoms with van der Waals surface area (Å²) in [5.74, 6) is -6.14. The maximum atomic E-state index is 13.7. The number of fused-ring (bicyclic) bond motifs is 3. The first-order valence-corrected chi connectivity index (χ1v) is 49.5. The van der Waals surface area contributed by atoms with Crippen LogP contribution < -0.4 is 64.2 Å². The Hall–Kier alpha value is -11.6. The number of carboxylic acids is 1. The summed E-state index contributed by atoms with van der Waals surface area (Å²) in [5, 5.41) is 40.4. The van der Waals surface area contributed by atoms with E-state index in [9.17, 15) is 62.6 Å². The maximum absolute atomic E-state index is 13.7. The highest BCUT2D eigenvalue weighted by Gasteiger charge is 2.39. The number of urea groups is 3. The standard InChI is InChI=1S/C38H37Cl3N4O5.C31H31Cl3N4O5.C30H32Cl2N4O4.C8H6Cl2O.3H2S/c1-38(2)18-17-29(26-13-6-7-14-27(26)38)45-37(49)42-21-31(36(48)50-22-23-9-4-3-5-10-23)44-35(47)33-28(40)15-16-30(34(33)41)43-32(46)20-24-11-8-12-25(39)19-24;1-31(2)13-12-22(19-8-3-4-9-20(19)31)38-30(43)35-16-24(29(41)42)37-28(40)26-21(33)10-11-23(27(26)34)36-25(39)15-17-6-5-7-18(32)14-17;1-30(2)15-14-23(19-10-6-7-11-20(19)30)36-29(39)34-16-24(28(38)40-17-18-8-4-3-5-9-18)35-27(37)25-21(31)12-13-22(33)26(25)32;9-7-3-1-2-6(4-7)5-8(10)11;;;/h3-16,19,29,31H,17-18,20-22H2,1-2H3,(H,43,46)(H,44,47)(H2,42,45,49);3-11,14,22,24H,12-13,15-16H2,1-2H3,(H,36,39)(H,37,40)(H,41,42)(H2,35,38,43);3-13,23-24H,14-17,33H2,1-2H3,(H,35,37)(H2,34,36,39);1-4H,5H2;3*1H2/t29?,31-;22?,24-;23?,24-;;;;/m000..../s1. The number of amides is 11. The molecule has 0 radical (unpaired) electrons. The third-order valence-corrected chi connectivity index (χ3v) is 27.2. The molecule has 0 saturated carbocycles. The van der Waals surface area contributed by atoms with Crippen molar-refractivity contribution < 1.29 is 72.1 Å². The van der Waals surface area contributed by atoms with Crippen molar-refractivity contribution in [3.05, 3.63) is 366 Å². The Morgan fingerprint density at radius 2 is 0.653 bits per heavy atom. The zero-order valence-electron chi connectivity index (χ0n) is 80.5. The monoisotopic (exact) mass is 2250 g/mol. The smallest absolute Gasteiger partial charge is 0.330 e. The quantitative estimate of drug-likeness (QED) is 0.0113. The normalized spacial score (nSPS) is 15.0. The van der Waals surface area contributed by atoms with Crippen LogP contribution in [-0.2, 0) is 87.0 Å². The van der Waals surface area contributed by atoms with E-state index in [2.05, 4.69) is 112 Å². The summed E-state index contributed by atoms with van der Waals surface area (Å²) >= 11 is 61.0. The van der Waals surface area contributed by atoms with Gasteiger partial charge in [-0.15, -0.1) is 0 Å². The molecule has 11 amide bonds. The molecule has 0 aromatic heterocycles. The number of carboxylic acid groups (broad SMARTS) is 1. The van der Waals surface area contributed by atoms with Crippen LogP contribution in [0.15, 0.2) is 243 Å². The number of nitrogens with one attached hydrogen (secondary N) is 11. The third-order valence-electron chi connectivity index (χ3n) is 24.2. The summed E-state index contributed by atoms with van der Waals surface area (Å²) in [6, 6.07) is 65.2. The lowest BCUT2D eigenvalue weighted by Crippen LogP contribution is -2.51. The van der Waals surface area contributed by atoms with Gasteiger partial charge in [-0.1, -0.05) is 316 Å². The Balaban J connectivity index is 0.000000254. The number of rotatable bonds is 30. The van der Waals surface area contributed by atoms with E-state index in [1.165, 1.54) is 47.5 Å². The summed E-state index contributed by atoms with van der Waals surface area (Å²) < 4.78 is 11.0. The summed E-state index contributed by atoms with van der Waals surface area (Å²) in [4.78, 5) is 153. The van der Waals surface area contributed by atoms with E-state index in [1.54, 1.807) is 78.9 Å². The van der Waals surface area contributed by atoms with Crippen LogP contribution in [0.5, 0.6) is 0 Å². The molecule has 0 bridgehead atoms. The Kier molecular flexibility index (Phi) is 46.5. The molecule has 0 spiro atoms. The van der Waals surface area contributed by atoms with Crippen LogP contribution in [0.25, 0.3) is 0 Å². The van der Waals surface area contributed by atoms with Crippen molar-refractivity contribution in [2.24, 2.45) is 0 Å². The lowest BCUT2D eigenvalue weighted by molar-refractivity contribution is -0.147. The molecule has 3 unspecified atom stereocenters. The van der Waals surface area contributed by atoms with Crippen molar-refractivity contribution in [2.75, 3.05) is 36.0 Å². The number of aliphatic carboxylic acids is 1. The molecule has 11 aromatic rings. The van der Waals surface area contributed by atoms with Gasteiger partial charge in [0.1, 0.15) is 31.3 Å². The highest BCUT2D eigenvalue weighted by atomic mass is 35.5. The summed E-state index contributed by atoms with van der Waals surface area (Å²) in [6.07, 6.45) is 5.12. The van der Waals surface area contributed by atoms with Crippen LogP contribution in [-0.4, -0.2) is 114 Å². The van der Waals surface area contributed by atoms with Crippen molar-refractivity contribution >= 4 is 244 Å². The number of hydrogen-bond acceptors (Lipinski definition) is 15. The molecule has 0 aliphatic heterocycles. The van der Waals surface area contributed by atoms with Crippen molar-refractivity contribution in [3.8, 4) is 0 Å². The zero-order chi connectivity index (χ0) is 104. The van der Waals surface area contributed by atoms with Gasteiger partial charge in [-0.2, -0.15) is 40.5 Å². The molecular weight excluding hydrogens is 2140 g/mol. The fourth-order valence-corrected chi connectivity index (χ4v) is 19.1. The lowest BCUT2D eigenvalue weighted by Gasteiger charge is -2.37. The van der Waals surface area contributed by atoms with E-state index in [1.807, 2.05) is 115 Å². The average molecular weight is 2260 g/mol. The molecule has 147 heavy (non-hydrogen) atoms. The predicted octanol–water partition coefficient (Wildman–Crippen LogP) is 22.4. The van der Waals surface area contributed by atoms with Crippen molar-refractivity contribution in [2.45, 2.75) is 165 Å². The second-order valence-corrected chi connectivity index (χ2v) is 40.2. The average Bonchev–Trinajstić information content (AvgIpc) is 0.782. The minimum absolute atomic E-state index is 0. The second-order valence-electron chi connectivity index (χ2n) is 36.1. The molecule has 14 N–H and O–H groups in total. The molecule has 27 nitrogen and oxygen atoms in total. The molecule has 778 valence electrons. The van der Waals surface area contributed by atoms with Gasteiger partial charge in [0.2, 0.25) is 17.1 Å². The van der Waals surface area contributed by atoms with Gasteiger partial charge in [0, 0.05) is 21.5 Å². The van der Waals surface area contributed by atoms with Gasteiger partial charge in [-0.25, -0.2) is 28.8 Å². The molecule has 3 aliphatic rings. The van der Waals surface area contributed by atoms with Crippen LogP contribution in [0.2, 0.25) is 45.2 Å². The van der Waals surface area contributed by atoms with Crippen molar-refractivity contribution in [1.82, 2.24) is 47.9 Å². The van der Waals surface area contributed by atoms with Gasteiger partial charge in [0.05, 0.1) is 114 Å². The highest BCUT2D eigenvalue weighted by molar-refractivity contribution is 7.59. The van der Waals surface area contributed by atoms with Crippen LogP contribution in [0.1, 0.15) is 190 Å². The fraction of sp³-hybridized carbons (Fsp3) is 0.271. The first-order chi connectivity index (χ1) is 68.5. The fourth-order valence-electron chi connectivity index (χ4n) is 16.6.